The summed E-state index contributed by atoms with van der Waals surface area (Å²) >= 11 is 5.41. The minimum atomic E-state index is 0.351. The van der Waals surface area contributed by atoms with Gasteiger partial charge in [-0.3, -0.25) is 0 Å². The third-order valence-corrected chi connectivity index (χ3v) is 5.39. The number of benzene rings is 1. The zero-order valence-corrected chi connectivity index (χ0v) is 12.3. The van der Waals surface area contributed by atoms with Crippen LogP contribution in [0.3, 0.4) is 0 Å². The minimum Gasteiger partial charge on any atom is -0.377 e. The molecule has 0 aromatic heterocycles. The van der Waals surface area contributed by atoms with E-state index >= 15 is 0 Å². The van der Waals surface area contributed by atoms with Crippen LogP contribution in [0.2, 0.25) is 0 Å². The van der Waals surface area contributed by atoms with E-state index in [4.69, 9.17) is 10.5 Å². The molecule has 1 aromatic carbocycles. The summed E-state index contributed by atoms with van der Waals surface area (Å²) in [5.41, 5.74) is 7.20. The van der Waals surface area contributed by atoms with Gasteiger partial charge in [-0.25, -0.2) is 0 Å². The first-order valence-electron chi connectivity index (χ1n) is 5.93. The molecule has 3 unspecified atom stereocenters. The van der Waals surface area contributed by atoms with Crippen molar-refractivity contribution in [1.82, 2.24) is 0 Å². The molecule has 2 N–H and O–H groups in total. The van der Waals surface area contributed by atoms with Gasteiger partial charge in [0, 0.05) is 28.1 Å². The van der Waals surface area contributed by atoms with E-state index in [0.717, 1.165) is 17.5 Å². The van der Waals surface area contributed by atoms with Crippen molar-refractivity contribution in [3.05, 3.63) is 34.3 Å². The lowest BCUT2D eigenvalue weighted by atomic mass is 10.1. The quantitative estimate of drug-likeness (QED) is 0.925. The summed E-state index contributed by atoms with van der Waals surface area (Å²) in [4.78, 5) is 0. The second-order valence-corrected chi connectivity index (χ2v) is 6.68. The molecule has 0 spiro atoms. The molecule has 3 atom stereocenters. The standard InChI is InChI=1S/C13H18BrNOS/c1-9-12(6-7-16-9)17-13(8-15)10-2-4-11(14)5-3-10/h2-5,9,12-13H,6-8,15H2,1H3. The highest BCUT2D eigenvalue weighted by molar-refractivity contribution is 9.10. The van der Waals surface area contributed by atoms with E-state index in [9.17, 15) is 0 Å². The summed E-state index contributed by atoms with van der Waals surface area (Å²) in [6, 6.07) is 8.45. The summed E-state index contributed by atoms with van der Waals surface area (Å²) < 4.78 is 6.71. The molecule has 1 saturated heterocycles. The maximum Gasteiger partial charge on any atom is 0.0666 e. The van der Waals surface area contributed by atoms with Gasteiger partial charge in [0.15, 0.2) is 0 Å². The summed E-state index contributed by atoms with van der Waals surface area (Å²) in [5, 5.41) is 0.949. The van der Waals surface area contributed by atoms with Crippen LogP contribution in [0.4, 0.5) is 0 Å². The Bertz CT molecular complexity index is 357. The molecular weight excluding hydrogens is 298 g/mol. The van der Waals surface area contributed by atoms with Crippen LogP contribution >= 0.6 is 27.7 Å². The molecule has 2 nitrogen and oxygen atoms in total. The normalized spacial score (nSPS) is 26.1. The first-order valence-corrected chi connectivity index (χ1v) is 7.67. The molecule has 1 fully saturated rings. The lowest BCUT2D eigenvalue weighted by Crippen LogP contribution is -2.19. The molecular formula is C13H18BrNOS. The lowest BCUT2D eigenvalue weighted by Gasteiger charge is -2.21. The van der Waals surface area contributed by atoms with E-state index in [1.807, 2.05) is 11.8 Å². The Balaban J connectivity index is 2.03. The van der Waals surface area contributed by atoms with Crippen LogP contribution in [0.25, 0.3) is 0 Å². The summed E-state index contributed by atoms with van der Waals surface area (Å²) in [6.45, 7) is 3.71. The van der Waals surface area contributed by atoms with Gasteiger partial charge in [-0.15, -0.1) is 11.8 Å². The third-order valence-electron chi connectivity index (χ3n) is 3.10. The number of halogens is 1. The first-order chi connectivity index (χ1) is 8.20. The molecule has 1 aromatic rings. The van der Waals surface area contributed by atoms with Gasteiger partial charge in [0.25, 0.3) is 0 Å². The molecule has 17 heavy (non-hydrogen) atoms. The summed E-state index contributed by atoms with van der Waals surface area (Å²) in [6.07, 6.45) is 1.49. The SMILES string of the molecule is CC1OCCC1SC(CN)c1ccc(Br)cc1. The number of rotatable bonds is 4. The van der Waals surface area contributed by atoms with Crippen molar-refractivity contribution in [3.8, 4) is 0 Å². The number of thioether (sulfide) groups is 1. The molecule has 0 aliphatic carbocycles. The highest BCUT2D eigenvalue weighted by atomic mass is 79.9. The first kappa shape index (κ1) is 13.4. The predicted octanol–water partition coefficient (Wildman–Crippen LogP) is 3.36. The average Bonchev–Trinajstić information content (AvgIpc) is 2.73. The van der Waals surface area contributed by atoms with Crippen molar-refractivity contribution in [3.63, 3.8) is 0 Å². The maximum atomic E-state index is 5.89. The largest absolute Gasteiger partial charge is 0.377 e. The van der Waals surface area contributed by atoms with Crippen molar-refractivity contribution in [2.45, 2.75) is 29.9 Å². The van der Waals surface area contributed by atoms with Crippen molar-refractivity contribution in [2.24, 2.45) is 5.73 Å². The monoisotopic (exact) mass is 315 g/mol. The molecule has 0 bridgehead atoms. The lowest BCUT2D eigenvalue weighted by molar-refractivity contribution is 0.127. The predicted molar refractivity (Wildman–Crippen MR) is 77.3 cm³/mol. The number of nitrogens with two attached hydrogens (primary N) is 1. The van der Waals surface area contributed by atoms with Gasteiger partial charge in [-0.1, -0.05) is 28.1 Å². The van der Waals surface area contributed by atoms with Gasteiger partial charge in [0.05, 0.1) is 6.10 Å². The van der Waals surface area contributed by atoms with E-state index in [-0.39, 0.29) is 0 Å². The molecule has 1 aliphatic rings. The van der Waals surface area contributed by atoms with Crippen LogP contribution in [-0.2, 0) is 4.74 Å². The van der Waals surface area contributed by atoms with Crippen molar-refractivity contribution < 1.29 is 4.74 Å². The van der Waals surface area contributed by atoms with Crippen LogP contribution < -0.4 is 5.73 Å². The Morgan fingerprint density at radius 3 is 2.71 bits per heavy atom. The second-order valence-electron chi connectivity index (χ2n) is 4.32. The Morgan fingerprint density at radius 2 is 2.18 bits per heavy atom. The smallest absolute Gasteiger partial charge is 0.0666 e. The van der Waals surface area contributed by atoms with Gasteiger partial charge >= 0.3 is 0 Å². The van der Waals surface area contributed by atoms with Crippen LogP contribution in [0.15, 0.2) is 28.7 Å². The molecule has 2 rings (SSSR count). The van der Waals surface area contributed by atoms with Gasteiger partial charge in [0.2, 0.25) is 0 Å². The minimum absolute atomic E-state index is 0.351. The Hall–Kier alpha value is -0.0300. The van der Waals surface area contributed by atoms with E-state index in [0.29, 0.717) is 23.1 Å². The van der Waals surface area contributed by atoms with Gasteiger partial charge in [-0.2, -0.15) is 0 Å². The fourth-order valence-corrected chi connectivity index (χ4v) is 3.69. The summed E-state index contributed by atoms with van der Waals surface area (Å²) in [7, 11) is 0. The van der Waals surface area contributed by atoms with Crippen LogP contribution in [0.5, 0.6) is 0 Å². The molecule has 0 amide bonds. The Labute approximate surface area is 115 Å². The Morgan fingerprint density at radius 1 is 1.47 bits per heavy atom. The van der Waals surface area contributed by atoms with E-state index in [2.05, 4.69) is 47.1 Å². The average molecular weight is 316 g/mol. The van der Waals surface area contributed by atoms with Crippen LogP contribution in [0, 0.1) is 0 Å². The highest BCUT2D eigenvalue weighted by Gasteiger charge is 2.27. The number of hydrogen-bond donors (Lipinski definition) is 1. The van der Waals surface area contributed by atoms with Crippen LogP contribution in [0.1, 0.15) is 24.2 Å². The topological polar surface area (TPSA) is 35.2 Å². The third kappa shape index (κ3) is 3.47. The number of ether oxygens (including phenoxy) is 1. The molecule has 94 valence electrons. The van der Waals surface area contributed by atoms with Crippen molar-refractivity contribution in [1.29, 1.82) is 0 Å². The van der Waals surface area contributed by atoms with E-state index in [1.54, 1.807) is 0 Å². The van der Waals surface area contributed by atoms with Crippen molar-refractivity contribution in [2.75, 3.05) is 13.2 Å². The van der Waals surface area contributed by atoms with Crippen LogP contribution in [-0.4, -0.2) is 24.5 Å². The highest BCUT2D eigenvalue weighted by Crippen LogP contribution is 2.37. The van der Waals surface area contributed by atoms with Crippen molar-refractivity contribution >= 4 is 27.7 Å². The zero-order valence-electron chi connectivity index (χ0n) is 9.93. The number of hydrogen-bond acceptors (Lipinski definition) is 3. The molecule has 1 heterocycles. The van der Waals surface area contributed by atoms with Gasteiger partial charge in [-0.05, 0) is 31.0 Å². The van der Waals surface area contributed by atoms with Gasteiger partial charge in [0.1, 0.15) is 0 Å². The molecule has 0 radical (unpaired) electrons. The summed E-state index contributed by atoms with van der Waals surface area (Å²) in [5.74, 6) is 0. The fraction of sp³-hybridized carbons (Fsp3) is 0.538. The van der Waals surface area contributed by atoms with Gasteiger partial charge < -0.3 is 10.5 Å². The van der Waals surface area contributed by atoms with E-state index in [1.165, 1.54) is 5.56 Å². The fourth-order valence-electron chi connectivity index (χ4n) is 2.05. The Kier molecular flexibility index (Phi) is 4.91. The maximum absolute atomic E-state index is 5.89. The zero-order chi connectivity index (χ0) is 12.3. The molecule has 4 heteroatoms. The molecule has 0 saturated carbocycles. The molecule has 1 aliphatic heterocycles. The van der Waals surface area contributed by atoms with E-state index < -0.39 is 0 Å². The second kappa shape index (κ2) is 6.23.